The Kier molecular flexibility index (Phi) is 7.83. The Morgan fingerprint density at radius 3 is 1.71 bits per heavy atom. The summed E-state index contributed by atoms with van der Waals surface area (Å²) in [5.74, 6) is 0. The van der Waals surface area contributed by atoms with Crippen molar-refractivity contribution in [1.29, 1.82) is 0 Å². The van der Waals surface area contributed by atoms with Gasteiger partial charge in [-0.1, -0.05) is 36.4 Å². The van der Waals surface area contributed by atoms with E-state index in [2.05, 4.69) is 33.1 Å². The molecule has 0 amide bonds. The van der Waals surface area contributed by atoms with E-state index >= 15 is 0 Å². The molecular weight excluding hydrogens is 354 g/mol. The molecule has 1 atom stereocenters. The van der Waals surface area contributed by atoms with Crippen LogP contribution in [0.15, 0.2) is 48.5 Å². The molecule has 150 valence electrons. The summed E-state index contributed by atoms with van der Waals surface area (Å²) >= 11 is 0. The highest BCUT2D eigenvalue weighted by molar-refractivity contribution is 6.58. The molecule has 0 heterocycles. The maximum Gasteiger partial charge on any atom is 0.488 e. The lowest BCUT2D eigenvalue weighted by molar-refractivity contribution is 0.249. The van der Waals surface area contributed by atoms with Crippen molar-refractivity contribution in [3.63, 3.8) is 0 Å². The highest BCUT2D eigenvalue weighted by Crippen LogP contribution is 2.20. The summed E-state index contributed by atoms with van der Waals surface area (Å²) in [5, 5.41) is 37.0. The van der Waals surface area contributed by atoms with Crippen LogP contribution in [0.1, 0.15) is 12.0 Å². The quantitative estimate of drug-likeness (QED) is 0.335. The van der Waals surface area contributed by atoms with Gasteiger partial charge in [0.15, 0.2) is 0 Å². The molecule has 0 fully saturated rings. The third-order valence-electron chi connectivity index (χ3n) is 5.39. The highest BCUT2D eigenvalue weighted by atomic mass is 16.4. The zero-order valence-corrected chi connectivity index (χ0v) is 17.2. The summed E-state index contributed by atoms with van der Waals surface area (Å²) in [6, 6.07) is 15.1. The average molecular weight is 385 g/mol. The number of benzene rings is 2. The number of hydrogen-bond donors (Lipinski definition) is 4. The van der Waals surface area contributed by atoms with Crippen LogP contribution in [0.3, 0.4) is 0 Å². The van der Waals surface area contributed by atoms with Crippen molar-refractivity contribution < 1.29 is 20.1 Å². The average Bonchev–Trinajstić information content (AvgIpc) is 2.65. The van der Waals surface area contributed by atoms with Gasteiger partial charge in [-0.2, -0.15) is 0 Å². The van der Waals surface area contributed by atoms with Crippen LogP contribution in [0.25, 0.3) is 0 Å². The molecule has 1 unspecified atom stereocenters. The summed E-state index contributed by atoms with van der Waals surface area (Å²) in [7, 11) is 5.57. The van der Waals surface area contributed by atoms with Crippen LogP contribution in [0.2, 0.25) is 0 Å². The minimum atomic E-state index is -1.44. The van der Waals surface area contributed by atoms with E-state index in [4.69, 9.17) is 0 Å². The molecule has 0 aliphatic heterocycles. The van der Waals surface area contributed by atoms with Gasteiger partial charge in [0.2, 0.25) is 0 Å². The Hall–Kier alpha value is -1.67. The minimum Gasteiger partial charge on any atom is -0.423 e. The summed E-state index contributed by atoms with van der Waals surface area (Å²) in [6.45, 7) is 0.928. The monoisotopic (exact) mass is 385 g/mol. The van der Waals surface area contributed by atoms with Gasteiger partial charge in [0.25, 0.3) is 0 Å². The van der Waals surface area contributed by atoms with Crippen LogP contribution >= 0.6 is 0 Å². The Bertz CT molecular complexity index is 735. The number of likely N-dealkylation sites (N-methyl/N-ethyl adjacent to an activating group) is 1. The van der Waals surface area contributed by atoms with Gasteiger partial charge >= 0.3 is 14.2 Å². The van der Waals surface area contributed by atoms with Crippen LogP contribution in [-0.2, 0) is 6.42 Å². The number of rotatable bonds is 9. The fraction of sp³-hybridized carbons (Fsp3) is 0.400. The Morgan fingerprint density at radius 1 is 0.821 bits per heavy atom. The maximum absolute atomic E-state index is 9.26. The fourth-order valence-corrected chi connectivity index (χ4v) is 3.29. The van der Waals surface area contributed by atoms with E-state index in [1.807, 2.05) is 24.3 Å². The first-order valence-corrected chi connectivity index (χ1v) is 9.51. The van der Waals surface area contributed by atoms with E-state index in [0.29, 0.717) is 21.5 Å². The molecule has 0 spiro atoms. The molecule has 0 aliphatic rings. The van der Waals surface area contributed by atoms with Crippen LogP contribution in [0.5, 0.6) is 0 Å². The van der Waals surface area contributed by atoms with Crippen LogP contribution in [0, 0.1) is 0 Å². The first-order valence-electron chi connectivity index (χ1n) is 9.51. The molecule has 4 N–H and O–H groups in total. The molecule has 0 aromatic heterocycles. The van der Waals surface area contributed by atoms with E-state index in [-0.39, 0.29) is 0 Å². The van der Waals surface area contributed by atoms with Gasteiger partial charge in [0.05, 0.1) is 20.6 Å². The first kappa shape index (κ1) is 22.6. The Balaban J connectivity index is 2.03. The Labute approximate surface area is 168 Å². The normalized spacial score (nSPS) is 12.9. The second-order valence-electron chi connectivity index (χ2n) is 8.10. The van der Waals surface area contributed by atoms with Gasteiger partial charge in [-0.25, -0.2) is 0 Å². The predicted octanol–water partition coefficient (Wildman–Crippen LogP) is -0.824. The van der Waals surface area contributed by atoms with Gasteiger partial charge < -0.3 is 25.0 Å². The molecule has 0 radical (unpaired) electrons. The van der Waals surface area contributed by atoms with Gasteiger partial charge in [0.1, 0.15) is 5.69 Å². The lowest BCUT2D eigenvalue weighted by atomic mass is 9.80. The van der Waals surface area contributed by atoms with Gasteiger partial charge in [0, 0.05) is 12.5 Å². The van der Waals surface area contributed by atoms with Crippen molar-refractivity contribution in [1.82, 2.24) is 9.38 Å². The number of nitrogens with zero attached hydrogens (tertiary/aromatic N) is 2. The van der Waals surface area contributed by atoms with E-state index in [0.717, 1.165) is 30.6 Å². The van der Waals surface area contributed by atoms with Crippen molar-refractivity contribution >= 4 is 30.8 Å². The Morgan fingerprint density at radius 2 is 1.29 bits per heavy atom. The van der Waals surface area contributed by atoms with E-state index < -0.39 is 14.2 Å². The third-order valence-corrected chi connectivity index (χ3v) is 5.39. The van der Waals surface area contributed by atoms with Gasteiger partial charge in [-0.15, -0.1) is 0 Å². The zero-order valence-electron chi connectivity index (χ0n) is 17.2. The molecule has 2 aromatic rings. The highest BCUT2D eigenvalue weighted by Gasteiger charge is 2.23. The fourth-order valence-electron chi connectivity index (χ4n) is 3.29. The lowest BCUT2D eigenvalue weighted by Crippen LogP contribution is -2.45. The van der Waals surface area contributed by atoms with Gasteiger partial charge in [-0.05, 0) is 49.1 Å². The number of quaternary nitrogens is 1. The zero-order chi connectivity index (χ0) is 20.9. The second-order valence-corrected chi connectivity index (χ2v) is 8.10. The molecule has 8 heteroatoms. The molecular formula is C20H31B2N2O4+. The smallest absolute Gasteiger partial charge is 0.423 e. The largest absolute Gasteiger partial charge is 0.488 e. The molecule has 2 rings (SSSR count). The molecule has 28 heavy (non-hydrogen) atoms. The third kappa shape index (κ3) is 6.17. The molecule has 0 bridgehead atoms. The van der Waals surface area contributed by atoms with Gasteiger partial charge in [-0.3, -0.25) is 4.48 Å². The maximum atomic E-state index is 9.26. The summed E-state index contributed by atoms with van der Waals surface area (Å²) in [5.41, 5.74) is 3.27. The summed E-state index contributed by atoms with van der Waals surface area (Å²) in [6.07, 6.45) is 1.86. The predicted molar refractivity (Wildman–Crippen MR) is 117 cm³/mol. The van der Waals surface area contributed by atoms with Crippen LogP contribution in [-0.4, -0.2) is 80.0 Å². The van der Waals surface area contributed by atoms with Crippen molar-refractivity contribution in [2.24, 2.45) is 0 Å². The van der Waals surface area contributed by atoms with Crippen molar-refractivity contribution in [3.05, 3.63) is 54.1 Å². The van der Waals surface area contributed by atoms with E-state index in [1.165, 1.54) is 0 Å². The van der Waals surface area contributed by atoms with Crippen LogP contribution in [0.4, 0.5) is 5.69 Å². The molecule has 2 aromatic carbocycles. The SMILES string of the molecule is CN(C)C(CC[N+](C)(C)c1ccc(B(O)O)cc1)Cc1ccc(B(O)O)cc1. The minimum absolute atomic E-state index is 0.348. The lowest BCUT2D eigenvalue weighted by Gasteiger charge is -2.33. The number of hydrogen-bond acceptors (Lipinski definition) is 5. The second kappa shape index (κ2) is 9.69. The van der Waals surface area contributed by atoms with E-state index in [9.17, 15) is 20.1 Å². The van der Waals surface area contributed by atoms with Crippen LogP contribution < -0.4 is 15.4 Å². The van der Waals surface area contributed by atoms with E-state index in [1.54, 1.807) is 24.3 Å². The molecule has 0 aliphatic carbocycles. The molecule has 0 saturated heterocycles. The first-order chi connectivity index (χ1) is 13.1. The molecule has 6 nitrogen and oxygen atoms in total. The topological polar surface area (TPSA) is 84.2 Å². The standard InChI is InChI=1S/C20H31B2N2O4/c1-23(2)19(15-16-5-7-17(8-6-16)21(25)26)13-14-24(3,4)20-11-9-18(10-12-20)22(27)28/h5-12,19,25-28H,13-15H2,1-4H3/q+1. The molecule has 0 saturated carbocycles. The van der Waals surface area contributed by atoms with Crippen molar-refractivity contribution in [2.75, 3.05) is 34.7 Å². The van der Waals surface area contributed by atoms with Crippen molar-refractivity contribution in [2.45, 2.75) is 18.9 Å². The van der Waals surface area contributed by atoms with Crippen molar-refractivity contribution in [3.8, 4) is 0 Å². The summed E-state index contributed by atoms with van der Waals surface area (Å²) < 4.78 is 0.696. The summed E-state index contributed by atoms with van der Waals surface area (Å²) in [4.78, 5) is 2.22.